The van der Waals surface area contributed by atoms with Gasteiger partial charge in [0.15, 0.2) is 0 Å². The van der Waals surface area contributed by atoms with Crippen LogP contribution >= 0.6 is 11.3 Å². The first kappa shape index (κ1) is 15.5. The Kier molecular flexibility index (Phi) is 5.32. The monoisotopic (exact) mass is 306 g/mol. The van der Waals surface area contributed by atoms with Gasteiger partial charge in [0.1, 0.15) is 5.75 Å². The molecular weight excluding hydrogens is 288 g/mol. The highest BCUT2D eigenvalue weighted by molar-refractivity contribution is 7.07. The van der Waals surface area contributed by atoms with Crippen LogP contribution in [0.1, 0.15) is 17.2 Å². The Balaban J connectivity index is 1.81. The van der Waals surface area contributed by atoms with Gasteiger partial charge in [0, 0.05) is 6.54 Å². The number of amides is 1. The van der Waals surface area contributed by atoms with E-state index in [1.165, 1.54) is 11.3 Å². The number of hydrogen-bond acceptors (Lipinski definition) is 5. The molecule has 0 aliphatic rings. The molecule has 5 nitrogen and oxygen atoms in total. The fourth-order valence-corrected chi connectivity index (χ4v) is 2.60. The summed E-state index contributed by atoms with van der Waals surface area (Å²) in [6, 6.07) is 7.69. The first-order valence-electron chi connectivity index (χ1n) is 6.57. The largest absolute Gasteiger partial charge is 0.508 e. The lowest BCUT2D eigenvalue weighted by molar-refractivity contribution is -0.122. The molecule has 0 saturated carbocycles. The van der Waals surface area contributed by atoms with Crippen LogP contribution in [0.3, 0.4) is 0 Å². The van der Waals surface area contributed by atoms with Gasteiger partial charge in [0.25, 0.3) is 0 Å². The SMILES string of the molecule is N[C@H](Cc1ccc(O)cc1)C(=O)NCC(O)c1ccsc1. The van der Waals surface area contributed by atoms with Crippen LogP contribution in [0.5, 0.6) is 5.75 Å². The third kappa shape index (κ3) is 4.56. The molecule has 0 saturated heterocycles. The van der Waals surface area contributed by atoms with Crippen LogP contribution in [0.15, 0.2) is 41.1 Å². The van der Waals surface area contributed by atoms with Crippen molar-refractivity contribution < 1.29 is 15.0 Å². The van der Waals surface area contributed by atoms with Gasteiger partial charge in [-0.25, -0.2) is 0 Å². The zero-order chi connectivity index (χ0) is 15.2. The van der Waals surface area contributed by atoms with Crippen LogP contribution in [0.4, 0.5) is 0 Å². The maximum absolute atomic E-state index is 11.9. The third-order valence-electron chi connectivity index (χ3n) is 3.13. The number of hydrogen-bond donors (Lipinski definition) is 4. The van der Waals surface area contributed by atoms with Gasteiger partial charge in [0.05, 0.1) is 12.1 Å². The van der Waals surface area contributed by atoms with E-state index in [9.17, 15) is 15.0 Å². The Morgan fingerprint density at radius 3 is 2.62 bits per heavy atom. The minimum atomic E-state index is -0.721. The minimum Gasteiger partial charge on any atom is -0.508 e. The van der Waals surface area contributed by atoms with E-state index >= 15 is 0 Å². The number of thiophene rings is 1. The third-order valence-corrected chi connectivity index (χ3v) is 3.83. The second kappa shape index (κ2) is 7.21. The lowest BCUT2D eigenvalue weighted by Crippen LogP contribution is -2.43. The summed E-state index contributed by atoms with van der Waals surface area (Å²) in [5.41, 5.74) is 7.49. The first-order valence-corrected chi connectivity index (χ1v) is 7.52. The van der Waals surface area contributed by atoms with Gasteiger partial charge in [-0.3, -0.25) is 4.79 Å². The molecule has 0 aliphatic carbocycles. The molecule has 5 N–H and O–H groups in total. The van der Waals surface area contributed by atoms with Crippen LogP contribution in [-0.4, -0.2) is 28.7 Å². The van der Waals surface area contributed by atoms with Gasteiger partial charge in [-0.1, -0.05) is 12.1 Å². The van der Waals surface area contributed by atoms with E-state index in [4.69, 9.17) is 5.73 Å². The Morgan fingerprint density at radius 2 is 2.00 bits per heavy atom. The highest BCUT2D eigenvalue weighted by atomic mass is 32.1. The smallest absolute Gasteiger partial charge is 0.237 e. The molecule has 0 bridgehead atoms. The molecule has 6 heteroatoms. The Labute approximate surface area is 127 Å². The zero-order valence-electron chi connectivity index (χ0n) is 11.4. The Morgan fingerprint density at radius 1 is 1.29 bits per heavy atom. The van der Waals surface area contributed by atoms with Crippen molar-refractivity contribution in [3.8, 4) is 5.75 Å². The molecular formula is C15H18N2O3S. The number of aliphatic hydroxyl groups excluding tert-OH is 1. The number of carbonyl (C=O) groups excluding carboxylic acids is 1. The van der Waals surface area contributed by atoms with Crippen LogP contribution in [-0.2, 0) is 11.2 Å². The molecule has 0 aliphatic heterocycles. The van der Waals surface area contributed by atoms with Gasteiger partial charge in [-0.05, 0) is 46.5 Å². The van der Waals surface area contributed by atoms with E-state index in [1.54, 1.807) is 24.3 Å². The van der Waals surface area contributed by atoms with E-state index in [-0.39, 0.29) is 18.2 Å². The van der Waals surface area contributed by atoms with Crippen LogP contribution < -0.4 is 11.1 Å². The number of nitrogens with two attached hydrogens (primary N) is 1. The van der Waals surface area contributed by atoms with Crippen molar-refractivity contribution in [2.24, 2.45) is 5.73 Å². The number of carbonyl (C=O) groups is 1. The van der Waals surface area contributed by atoms with Crippen molar-refractivity contribution in [1.82, 2.24) is 5.32 Å². The lowest BCUT2D eigenvalue weighted by Gasteiger charge is -2.15. The number of phenolic OH excluding ortho intramolecular Hbond substituents is 1. The molecule has 0 spiro atoms. The normalized spacial score (nSPS) is 13.6. The van der Waals surface area contributed by atoms with Gasteiger partial charge < -0.3 is 21.3 Å². The number of nitrogens with one attached hydrogen (secondary N) is 1. The van der Waals surface area contributed by atoms with Crippen LogP contribution in [0, 0.1) is 0 Å². The summed E-state index contributed by atoms with van der Waals surface area (Å²) >= 11 is 1.49. The maximum Gasteiger partial charge on any atom is 0.237 e. The standard InChI is InChI=1S/C15H18N2O3S/c16-13(7-10-1-3-12(18)4-2-10)15(20)17-8-14(19)11-5-6-21-9-11/h1-6,9,13-14,18-19H,7-8,16H2,(H,17,20)/t13-,14?/m1/s1. The summed E-state index contributed by atoms with van der Waals surface area (Å²) in [5.74, 6) is -0.131. The minimum absolute atomic E-state index is 0.138. The highest BCUT2D eigenvalue weighted by Crippen LogP contribution is 2.15. The molecule has 1 unspecified atom stereocenters. The molecule has 2 aromatic rings. The highest BCUT2D eigenvalue weighted by Gasteiger charge is 2.16. The van der Waals surface area contributed by atoms with Crippen LogP contribution in [0.25, 0.3) is 0 Å². The molecule has 2 atom stereocenters. The molecule has 2 rings (SSSR count). The van der Waals surface area contributed by atoms with Crippen molar-refractivity contribution in [3.05, 3.63) is 52.2 Å². The fourth-order valence-electron chi connectivity index (χ4n) is 1.89. The molecule has 112 valence electrons. The summed E-state index contributed by atoms with van der Waals surface area (Å²) in [7, 11) is 0. The summed E-state index contributed by atoms with van der Waals surface area (Å²) in [5, 5.41) is 25.4. The topological polar surface area (TPSA) is 95.6 Å². The van der Waals surface area contributed by atoms with Gasteiger partial charge in [-0.2, -0.15) is 11.3 Å². The molecule has 1 heterocycles. The Bertz CT molecular complexity index is 569. The average Bonchev–Trinajstić information content (AvgIpc) is 3.01. The predicted molar refractivity (Wildman–Crippen MR) is 82.1 cm³/mol. The van der Waals surface area contributed by atoms with E-state index in [0.717, 1.165) is 11.1 Å². The van der Waals surface area contributed by atoms with Crippen LogP contribution in [0.2, 0.25) is 0 Å². The number of rotatable bonds is 6. The van der Waals surface area contributed by atoms with Gasteiger partial charge >= 0.3 is 0 Å². The average molecular weight is 306 g/mol. The zero-order valence-corrected chi connectivity index (χ0v) is 12.2. The molecule has 21 heavy (non-hydrogen) atoms. The number of phenols is 1. The molecule has 1 amide bonds. The number of aromatic hydroxyl groups is 1. The van der Waals surface area contributed by atoms with E-state index in [1.807, 2.05) is 16.8 Å². The van der Waals surface area contributed by atoms with Gasteiger partial charge in [0.2, 0.25) is 5.91 Å². The molecule has 1 aromatic heterocycles. The summed E-state index contributed by atoms with van der Waals surface area (Å²) in [4.78, 5) is 11.9. The molecule has 0 fully saturated rings. The molecule has 1 aromatic carbocycles. The first-order chi connectivity index (χ1) is 10.1. The maximum atomic E-state index is 11.9. The quantitative estimate of drug-likeness (QED) is 0.644. The predicted octanol–water partition coefficient (Wildman–Crippen LogP) is 1.17. The number of aliphatic hydroxyl groups is 1. The lowest BCUT2D eigenvalue weighted by atomic mass is 10.1. The Hall–Kier alpha value is -1.89. The summed E-state index contributed by atoms with van der Waals surface area (Å²) in [6.45, 7) is 0.138. The van der Waals surface area contributed by atoms with E-state index in [2.05, 4.69) is 5.32 Å². The van der Waals surface area contributed by atoms with Crippen molar-refractivity contribution in [2.75, 3.05) is 6.54 Å². The van der Waals surface area contributed by atoms with E-state index in [0.29, 0.717) is 6.42 Å². The van der Waals surface area contributed by atoms with Gasteiger partial charge in [-0.15, -0.1) is 0 Å². The van der Waals surface area contributed by atoms with Crippen molar-refractivity contribution in [2.45, 2.75) is 18.6 Å². The summed E-state index contributed by atoms with van der Waals surface area (Å²) in [6.07, 6.45) is -0.346. The number of benzene rings is 1. The second-order valence-electron chi connectivity index (χ2n) is 4.79. The van der Waals surface area contributed by atoms with Crippen molar-refractivity contribution >= 4 is 17.2 Å². The fraction of sp³-hybridized carbons (Fsp3) is 0.267. The summed E-state index contributed by atoms with van der Waals surface area (Å²) < 4.78 is 0. The van der Waals surface area contributed by atoms with Crippen molar-refractivity contribution in [1.29, 1.82) is 0 Å². The molecule has 0 radical (unpaired) electrons. The van der Waals surface area contributed by atoms with Crippen molar-refractivity contribution in [3.63, 3.8) is 0 Å². The second-order valence-corrected chi connectivity index (χ2v) is 5.57. The van der Waals surface area contributed by atoms with E-state index < -0.39 is 12.1 Å².